The Morgan fingerprint density at radius 2 is 2.17 bits per heavy atom. The average Bonchev–Trinajstić information content (AvgIpc) is 1.96. The van der Waals surface area contributed by atoms with Crippen LogP contribution in [-0.4, -0.2) is 4.92 Å². The first-order chi connectivity index (χ1) is 5.52. The van der Waals surface area contributed by atoms with E-state index in [2.05, 4.69) is 0 Å². The van der Waals surface area contributed by atoms with Gasteiger partial charge in [-0.1, -0.05) is 0 Å². The standard InChI is InChI=1S/C7H7IN2O2/c1-4-2-5(8)7(9)6(3-4)10(11)12/h2-3H,9H2,1H3. The highest BCUT2D eigenvalue weighted by Gasteiger charge is 2.13. The number of nitrogens with zero attached hydrogens (tertiary/aromatic N) is 1. The Labute approximate surface area is 83.1 Å². The lowest BCUT2D eigenvalue weighted by Crippen LogP contribution is -1.98. The summed E-state index contributed by atoms with van der Waals surface area (Å²) in [7, 11) is 0. The molecular weight excluding hydrogens is 271 g/mol. The summed E-state index contributed by atoms with van der Waals surface area (Å²) in [5.41, 5.74) is 6.58. The predicted octanol–water partition coefficient (Wildman–Crippen LogP) is 2.09. The quantitative estimate of drug-likeness (QED) is 0.370. The van der Waals surface area contributed by atoms with Crippen LogP contribution in [0.2, 0.25) is 0 Å². The summed E-state index contributed by atoms with van der Waals surface area (Å²) in [6.07, 6.45) is 0. The van der Waals surface area contributed by atoms with Crippen LogP contribution in [0.4, 0.5) is 11.4 Å². The molecular formula is C7H7IN2O2. The molecule has 0 aromatic heterocycles. The molecule has 0 spiro atoms. The van der Waals surface area contributed by atoms with E-state index in [1.54, 1.807) is 6.92 Å². The van der Waals surface area contributed by atoms with Crippen molar-refractivity contribution in [2.24, 2.45) is 0 Å². The van der Waals surface area contributed by atoms with Crippen molar-refractivity contribution < 1.29 is 4.92 Å². The topological polar surface area (TPSA) is 69.2 Å². The summed E-state index contributed by atoms with van der Waals surface area (Å²) in [4.78, 5) is 9.98. The van der Waals surface area contributed by atoms with Crippen molar-refractivity contribution in [1.29, 1.82) is 0 Å². The van der Waals surface area contributed by atoms with Gasteiger partial charge in [0.2, 0.25) is 0 Å². The molecule has 2 N–H and O–H groups in total. The molecule has 0 atom stereocenters. The van der Waals surface area contributed by atoms with Gasteiger partial charge in [-0.05, 0) is 41.1 Å². The molecule has 0 saturated heterocycles. The summed E-state index contributed by atoms with van der Waals surface area (Å²) < 4.78 is 0.722. The van der Waals surface area contributed by atoms with Crippen molar-refractivity contribution in [3.63, 3.8) is 0 Å². The second kappa shape index (κ2) is 3.26. The fourth-order valence-corrected chi connectivity index (χ4v) is 1.65. The normalized spacial score (nSPS) is 9.83. The second-order valence-corrected chi connectivity index (χ2v) is 3.60. The molecule has 64 valence electrons. The van der Waals surface area contributed by atoms with Gasteiger partial charge in [0.1, 0.15) is 5.69 Å². The Morgan fingerprint density at radius 3 is 2.67 bits per heavy atom. The number of hydrogen-bond acceptors (Lipinski definition) is 3. The number of benzene rings is 1. The minimum Gasteiger partial charge on any atom is -0.392 e. The summed E-state index contributed by atoms with van der Waals surface area (Å²) in [6, 6.07) is 3.28. The van der Waals surface area contributed by atoms with Gasteiger partial charge < -0.3 is 5.73 Å². The molecule has 0 aliphatic rings. The number of hydrogen-bond donors (Lipinski definition) is 1. The maximum Gasteiger partial charge on any atom is 0.293 e. The van der Waals surface area contributed by atoms with Gasteiger partial charge in [0.05, 0.1) is 4.92 Å². The Balaban J connectivity index is 3.37. The summed E-state index contributed by atoms with van der Waals surface area (Å²) >= 11 is 1.98. The predicted molar refractivity (Wildman–Crippen MR) is 55.0 cm³/mol. The van der Waals surface area contributed by atoms with E-state index in [9.17, 15) is 10.1 Å². The van der Waals surface area contributed by atoms with Crippen molar-refractivity contribution in [2.45, 2.75) is 6.92 Å². The van der Waals surface area contributed by atoms with E-state index < -0.39 is 4.92 Å². The summed E-state index contributed by atoms with van der Waals surface area (Å²) in [5.74, 6) is 0. The lowest BCUT2D eigenvalue weighted by molar-refractivity contribution is -0.384. The van der Waals surface area contributed by atoms with Gasteiger partial charge >= 0.3 is 0 Å². The maximum atomic E-state index is 10.4. The average molecular weight is 278 g/mol. The molecule has 0 heterocycles. The van der Waals surface area contributed by atoms with Crippen LogP contribution in [0.15, 0.2) is 12.1 Å². The van der Waals surface area contributed by atoms with Crippen molar-refractivity contribution in [1.82, 2.24) is 0 Å². The van der Waals surface area contributed by atoms with Gasteiger partial charge in [0.25, 0.3) is 5.69 Å². The van der Waals surface area contributed by atoms with Crippen molar-refractivity contribution in [2.75, 3.05) is 5.73 Å². The van der Waals surface area contributed by atoms with E-state index in [0.717, 1.165) is 9.13 Å². The molecule has 4 nitrogen and oxygen atoms in total. The number of anilines is 1. The SMILES string of the molecule is Cc1cc(I)c(N)c([N+](=O)[O-])c1. The Hall–Kier alpha value is -0.850. The fraction of sp³-hybridized carbons (Fsp3) is 0.143. The number of nitrogens with two attached hydrogens (primary N) is 1. The van der Waals surface area contributed by atoms with Gasteiger partial charge in [0.15, 0.2) is 0 Å². The summed E-state index contributed by atoms with van der Waals surface area (Å²) in [5, 5.41) is 10.4. The van der Waals surface area contributed by atoms with Crippen LogP contribution in [0.1, 0.15) is 5.56 Å². The van der Waals surface area contributed by atoms with Crippen LogP contribution < -0.4 is 5.73 Å². The largest absolute Gasteiger partial charge is 0.392 e. The number of aryl methyl sites for hydroxylation is 1. The molecule has 0 unspecified atom stereocenters. The van der Waals surface area contributed by atoms with Gasteiger partial charge in [-0.15, -0.1) is 0 Å². The van der Waals surface area contributed by atoms with Gasteiger partial charge in [-0.3, -0.25) is 10.1 Å². The van der Waals surface area contributed by atoms with Gasteiger partial charge in [-0.25, -0.2) is 0 Å². The molecule has 0 amide bonds. The molecule has 0 bridgehead atoms. The zero-order valence-electron chi connectivity index (χ0n) is 6.37. The Kier molecular flexibility index (Phi) is 2.51. The smallest absolute Gasteiger partial charge is 0.293 e. The molecule has 0 saturated carbocycles. The highest BCUT2D eigenvalue weighted by atomic mass is 127. The monoisotopic (exact) mass is 278 g/mol. The highest BCUT2D eigenvalue weighted by Crippen LogP contribution is 2.27. The number of nitro benzene ring substituents is 1. The van der Waals surface area contributed by atoms with Crippen LogP contribution in [0.3, 0.4) is 0 Å². The molecule has 1 aromatic carbocycles. The van der Waals surface area contributed by atoms with Gasteiger partial charge in [-0.2, -0.15) is 0 Å². The van der Waals surface area contributed by atoms with Crippen LogP contribution in [0.5, 0.6) is 0 Å². The van der Waals surface area contributed by atoms with Crippen molar-refractivity contribution >= 4 is 34.0 Å². The van der Waals surface area contributed by atoms with Crippen molar-refractivity contribution in [3.05, 3.63) is 31.4 Å². The third-order valence-electron chi connectivity index (χ3n) is 1.45. The van der Waals surface area contributed by atoms with Crippen LogP contribution in [0, 0.1) is 20.6 Å². The fourth-order valence-electron chi connectivity index (χ4n) is 0.886. The molecule has 1 aromatic rings. The third-order valence-corrected chi connectivity index (χ3v) is 2.34. The van der Waals surface area contributed by atoms with E-state index in [1.807, 2.05) is 28.7 Å². The lowest BCUT2D eigenvalue weighted by Gasteiger charge is -2.00. The number of nitrogen functional groups attached to an aromatic ring is 1. The highest BCUT2D eigenvalue weighted by molar-refractivity contribution is 14.1. The van der Waals surface area contributed by atoms with Crippen LogP contribution in [-0.2, 0) is 0 Å². The Bertz CT molecular complexity index is 338. The number of nitro groups is 1. The molecule has 5 heteroatoms. The van der Waals surface area contributed by atoms with E-state index in [0.29, 0.717) is 0 Å². The lowest BCUT2D eigenvalue weighted by atomic mass is 10.2. The molecule has 0 aliphatic heterocycles. The van der Waals surface area contributed by atoms with E-state index >= 15 is 0 Å². The molecule has 0 radical (unpaired) electrons. The van der Waals surface area contributed by atoms with Crippen molar-refractivity contribution in [3.8, 4) is 0 Å². The minimum absolute atomic E-state index is 0.0144. The Morgan fingerprint density at radius 1 is 1.58 bits per heavy atom. The zero-order chi connectivity index (χ0) is 9.30. The van der Waals surface area contributed by atoms with Crippen LogP contribution in [0.25, 0.3) is 0 Å². The molecule has 1 rings (SSSR count). The van der Waals surface area contributed by atoms with Gasteiger partial charge in [0, 0.05) is 9.64 Å². The van der Waals surface area contributed by atoms with Crippen LogP contribution >= 0.6 is 22.6 Å². The number of rotatable bonds is 1. The third kappa shape index (κ3) is 1.66. The second-order valence-electron chi connectivity index (χ2n) is 2.44. The van der Waals surface area contributed by atoms with E-state index in [4.69, 9.17) is 5.73 Å². The first-order valence-electron chi connectivity index (χ1n) is 3.22. The first kappa shape index (κ1) is 9.24. The summed E-state index contributed by atoms with van der Waals surface area (Å²) in [6.45, 7) is 1.80. The zero-order valence-corrected chi connectivity index (χ0v) is 8.53. The van der Waals surface area contributed by atoms with E-state index in [1.165, 1.54) is 6.07 Å². The van der Waals surface area contributed by atoms with E-state index in [-0.39, 0.29) is 11.4 Å². The molecule has 0 fully saturated rings. The molecule has 12 heavy (non-hydrogen) atoms. The molecule has 0 aliphatic carbocycles. The minimum atomic E-state index is -0.468. The first-order valence-corrected chi connectivity index (χ1v) is 4.30. The maximum absolute atomic E-state index is 10.4. The number of halogens is 1.